The number of ether oxygens (including phenoxy) is 10. The van der Waals surface area contributed by atoms with Gasteiger partial charge in [0.05, 0.1) is 28.4 Å². The zero-order valence-corrected chi connectivity index (χ0v) is 34.1. The summed E-state index contributed by atoms with van der Waals surface area (Å²) >= 11 is 0. The molecule has 0 aromatic heterocycles. The highest BCUT2D eigenvalue weighted by molar-refractivity contribution is 5.81. The third kappa shape index (κ3) is 14.4. The second-order valence-corrected chi connectivity index (χ2v) is 13.2. The van der Waals surface area contributed by atoms with Crippen molar-refractivity contribution in [1.29, 1.82) is 0 Å². The van der Waals surface area contributed by atoms with Crippen LogP contribution < -0.4 is 37.9 Å². The minimum absolute atomic E-state index is 0.0661. The van der Waals surface area contributed by atoms with Crippen molar-refractivity contribution in [1.82, 2.24) is 0 Å². The average molecular weight is 833 g/mol. The van der Waals surface area contributed by atoms with E-state index in [1.807, 2.05) is 48.5 Å². The lowest BCUT2D eigenvalue weighted by Gasteiger charge is -2.18. The van der Waals surface area contributed by atoms with E-state index >= 15 is 0 Å². The first-order chi connectivity index (χ1) is 29.0. The number of rotatable bonds is 26. The highest BCUT2D eigenvalue weighted by Gasteiger charge is 2.16. The molecule has 15 nitrogen and oxygen atoms in total. The molecule has 15 heteroatoms. The van der Waals surface area contributed by atoms with Crippen LogP contribution in [0.25, 0.3) is 0 Å². The number of hydrogen-bond donors (Lipinski definition) is 3. The summed E-state index contributed by atoms with van der Waals surface area (Å²) in [6.45, 7) is 5.83. The van der Waals surface area contributed by atoms with E-state index in [9.17, 15) is 24.9 Å². The summed E-state index contributed by atoms with van der Waals surface area (Å²) < 4.78 is 55.0. The van der Waals surface area contributed by atoms with E-state index in [4.69, 9.17) is 47.4 Å². The van der Waals surface area contributed by atoms with Gasteiger partial charge in [-0.3, -0.25) is 0 Å². The molecule has 4 aromatic rings. The van der Waals surface area contributed by atoms with Gasteiger partial charge in [0.2, 0.25) is 0 Å². The highest BCUT2D eigenvalue weighted by Crippen LogP contribution is 2.34. The summed E-state index contributed by atoms with van der Waals surface area (Å²) in [5.41, 5.74) is 3.70. The molecule has 322 valence electrons. The van der Waals surface area contributed by atoms with Crippen molar-refractivity contribution >= 4 is 11.9 Å². The summed E-state index contributed by atoms with van der Waals surface area (Å²) in [4.78, 5) is 22.5. The number of carbonyl (C=O) groups excluding carboxylic acids is 2. The molecular formula is C45H52O15. The Balaban J connectivity index is 1.27. The van der Waals surface area contributed by atoms with E-state index in [-0.39, 0.29) is 39.6 Å². The molecule has 0 saturated heterocycles. The van der Waals surface area contributed by atoms with Gasteiger partial charge in [0.15, 0.2) is 46.0 Å². The lowest BCUT2D eigenvalue weighted by Crippen LogP contribution is -2.25. The Kier molecular flexibility index (Phi) is 18.4. The van der Waals surface area contributed by atoms with Gasteiger partial charge < -0.3 is 62.7 Å². The van der Waals surface area contributed by atoms with E-state index in [1.165, 1.54) is 28.4 Å². The van der Waals surface area contributed by atoms with Crippen LogP contribution >= 0.6 is 0 Å². The number of esters is 2. The van der Waals surface area contributed by atoms with Crippen molar-refractivity contribution < 1.29 is 72.3 Å². The van der Waals surface area contributed by atoms with Gasteiger partial charge in [0.25, 0.3) is 0 Å². The first kappa shape index (κ1) is 46.3. The molecule has 2 unspecified atom stereocenters. The molecule has 4 rings (SSSR count). The standard InChI is InChI=1S/C45H52O15/c1-7-44(49)59-27-34(47)25-57-38-15-11-31(21-42(38)53-5)17-29-9-13-36(40(19-29)51-3)55-23-33(46)24-56-37-14-10-30(20-41(37)52-4)18-32-12-16-39(43(22-32)54-6)58-26-35(48)28-60-45(50)8-2/h7-16,19-22,33-35,46-48H,1-2,17-18,23-28H2,3-6H3. The van der Waals surface area contributed by atoms with Crippen molar-refractivity contribution in [2.45, 2.75) is 31.2 Å². The fraction of sp³-hybridized carbons (Fsp3) is 0.333. The molecule has 0 aliphatic heterocycles. The molecule has 3 N–H and O–H groups in total. The molecule has 0 fully saturated rings. The maximum atomic E-state index is 11.2. The largest absolute Gasteiger partial charge is 0.493 e. The smallest absolute Gasteiger partial charge is 0.330 e. The normalized spacial score (nSPS) is 12.2. The summed E-state index contributed by atoms with van der Waals surface area (Å²) in [5.74, 6) is 2.38. The number of hydrogen-bond acceptors (Lipinski definition) is 15. The van der Waals surface area contributed by atoms with Crippen LogP contribution in [0.5, 0.6) is 46.0 Å². The maximum absolute atomic E-state index is 11.2. The van der Waals surface area contributed by atoms with E-state index < -0.39 is 30.3 Å². The Hall–Kier alpha value is -6.42. The minimum Gasteiger partial charge on any atom is -0.493 e. The molecule has 0 radical (unpaired) electrons. The zero-order valence-electron chi connectivity index (χ0n) is 34.1. The molecule has 0 aliphatic carbocycles. The molecule has 0 heterocycles. The van der Waals surface area contributed by atoms with Gasteiger partial charge in [-0.1, -0.05) is 37.4 Å². The van der Waals surface area contributed by atoms with Crippen molar-refractivity contribution in [3.63, 3.8) is 0 Å². The Morgan fingerprint density at radius 2 is 0.700 bits per heavy atom. The zero-order chi connectivity index (χ0) is 43.4. The minimum atomic E-state index is -1.03. The summed E-state index contributed by atoms with van der Waals surface area (Å²) in [7, 11) is 6.10. The van der Waals surface area contributed by atoms with Crippen LogP contribution in [0.2, 0.25) is 0 Å². The third-order valence-electron chi connectivity index (χ3n) is 8.62. The molecule has 4 aromatic carbocycles. The number of aliphatic hydroxyl groups excluding tert-OH is 3. The average Bonchev–Trinajstić information content (AvgIpc) is 3.27. The Bertz CT molecular complexity index is 1890. The Morgan fingerprint density at radius 1 is 0.450 bits per heavy atom. The van der Waals surface area contributed by atoms with Crippen molar-refractivity contribution in [3.8, 4) is 46.0 Å². The van der Waals surface area contributed by atoms with E-state index in [1.54, 1.807) is 24.3 Å². The lowest BCUT2D eigenvalue weighted by atomic mass is 10.0. The van der Waals surface area contributed by atoms with Crippen LogP contribution in [-0.4, -0.2) is 114 Å². The van der Waals surface area contributed by atoms with Gasteiger partial charge in [0.1, 0.15) is 58.0 Å². The van der Waals surface area contributed by atoms with Crippen LogP contribution in [0, 0.1) is 0 Å². The monoisotopic (exact) mass is 832 g/mol. The van der Waals surface area contributed by atoms with E-state index in [0.29, 0.717) is 58.8 Å². The third-order valence-corrected chi connectivity index (χ3v) is 8.62. The fourth-order valence-corrected chi connectivity index (χ4v) is 5.60. The second kappa shape index (κ2) is 23.9. The van der Waals surface area contributed by atoms with Crippen molar-refractivity contribution in [2.24, 2.45) is 0 Å². The Morgan fingerprint density at radius 3 is 0.933 bits per heavy atom. The van der Waals surface area contributed by atoms with Gasteiger partial charge in [-0.05, 0) is 83.6 Å². The molecule has 0 aliphatic rings. The SMILES string of the molecule is C=CC(=O)OCC(O)COc1ccc(Cc2ccc(OCC(O)COc3ccc(Cc4ccc(OCC(O)COC(=O)C=C)c(OC)c4)cc3OC)c(OC)c2)cc1OC. The predicted octanol–water partition coefficient (Wildman–Crippen LogP) is 4.66. The van der Waals surface area contributed by atoms with Crippen LogP contribution in [0.1, 0.15) is 22.3 Å². The van der Waals surface area contributed by atoms with Crippen LogP contribution in [-0.2, 0) is 31.9 Å². The molecule has 0 saturated carbocycles. The van der Waals surface area contributed by atoms with Crippen LogP contribution in [0.15, 0.2) is 98.1 Å². The number of carbonyl (C=O) groups is 2. The molecular weight excluding hydrogens is 780 g/mol. The van der Waals surface area contributed by atoms with Crippen LogP contribution in [0.3, 0.4) is 0 Å². The van der Waals surface area contributed by atoms with Crippen molar-refractivity contribution in [3.05, 3.63) is 120 Å². The molecule has 60 heavy (non-hydrogen) atoms. The first-order valence-corrected chi connectivity index (χ1v) is 18.8. The molecule has 0 bridgehead atoms. The quantitative estimate of drug-likeness (QED) is 0.0586. The number of methoxy groups -OCH3 is 4. The fourth-order valence-electron chi connectivity index (χ4n) is 5.60. The summed E-state index contributed by atoms with van der Waals surface area (Å²) in [5, 5.41) is 30.9. The lowest BCUT2D eigenvalue weighted by molar-refractivity contribution is -0.142. The van der Waals surface area contributed by atoms with Crippen LogP contribution in [0.4, 0.5) is 0 Å². The topological polar surface area (TPSA) is 187 Å². The highest BCUT2D eigenvalue weighted by atomic mass is 16.6. The van der Waals surface area contributed by atoms with Gasteiger partial charge in [-0.25, -0.2) is 9.59 Å². The second-order valence-electron chi connectivity index (χ2n) is 13.2. The van der Waals surface area contributed by atoms with E-state index in [0.717, 1.165) is 34.4 Å². The molecule has 0 amide bonds. The van der Waals surface area contributed by atoms with Crippen molar-refractivity contribution in [2.75, 3.05) is 68.1 Å². The molecule has 2 atom stereocenters. The van der Waals surface area contributed by atoms with Gasteiger partial charge in [-0.15, -0.1) is 0 Å². The Labute approximate surface area is 349 Å². The summed E-state index contributed by atoms with van der Waals surface area (Å²) in [6.07, 6.45) is 0.0614. The predicted molar refractivity (Wildman–Crippen MR) is 220 cm³/mol. The van der Waals surface area contributed by atoms with E-state index in [2.05, 4.69) is 13.2 Å². The number of benzene rings is 4. The maximum Gasteiger partial charge on any atom is 0.330 e. The molecule has 0 spiro atoms. The van der Waals surface area contributed by atoms with Gasteiger partial charge in [0, 0.05) is 12.2 Å². The summed E-state index contributed by atoms with van der Waals surface area (Å²) in [6, 6.07) is 21.9. The van der Waals surface area contributed by atoms with Gasteiger partial charge in [-0.2, -0.15) is 0 Å². The van der Waals surface area contributed by atoms with Gasteiger partial charge >= 0.3 is 11.9 Å². The number of aliphatic hydroxyl groups is 3. The first-order valence-electron chi connectivity index (χ1n) is 18.8.